The molecule has 2 aromatic carbocycles. The molecule has 0 atom stereocenters. The highest BCUT2D eigenvalue weighted by molar-refractivity contribution is 6.00. The van der Waals surface area contributed by atoms with Crippen molar-refractivity contribution in [3.63, 3.8) is 0 Å². The largest absolute Gasteiger partial charge is 0.497 e. The maximum Gasteiger partial charge on any atom is 0.255 e. The van der Waals surface area contributed by atoms with E-state index in [1.165, 1.54) is 0 Å². The van der Waals surface area contributed by atoms with Gasteiger partial charge in [-0.2, -0.15) is 5.10 Å². The fourth-order valence-corrected chi connectivity index (χ4v) is 3.07. The topological polar surface area (TPSA) is 94.0 Å². The van der Waals surface area contributed by atoms with Crippen molar-refractivity contribution >= 4 is 11.9 Å². The quantitative estimate of drug-likeness (QED) is 0.430. The molecule has 0 aliphatic rings. The van der Waals surface area contributed by atoms with Gasteiger partial charge in [-0.25, -0.2) is 14.6 Å². The van der Waals surface area contributed by atoms with Crippen LogP contribution >= 0.6 is 0 Å². The summed E-state index contributed by atoms with van der Waals surface area (Å²) in [5, 5.41) is 10.7. The first-order valence-electron chi connectivity index (χ1n) is 9.83. The van der Waals surface area contributed by atoms with Gasteiger partial charge in [-0.05, 0) is 30.3 Å². The lowest BCUT2D eigenvalue weighted by molar-refractivity contribution is 0.0956. The minimum absolute atomic E-state index is 0.212. The molecule has 8 nitrogen and oxygen atoms in total. The Morgan fingerprint density at radius 3 is 2.58 bits per heavy atom. The summed E-state index contributed by atoms with van der Waals surface area (Å²) in [5.41, 5.74) is 2.73. The van der Waals surface area contributed by atoms with Crippen LogP contribution in [0.5, 0.6) is 5.75 Å². The lowest BCUT2D eigenvalue weighted by atomic mass is 10.1. The van der Waals surface area contributed by atoms with E-state index in [1.807, 2.05) is 54.6 Å². The second kappa shape index (κ2) is 9.53. The number of aromatic nitrogens is 4. The second-order valence-corrected chi connectivity index (χ2v) is 6.66. The summed E-state index contributed by atoms with van der Waals surface area (Å²) in [6, 6.07) is 18.9. The molecule has 2 heterocycles. The first kappa shape index (κ1) is 20.1. The van der Waals surface area contributed by atoms with Crippen LogP contribution in [-0.4, -0.2) is 45.9 Å². The van der Waals surface area contributed by atoms with Crippen LogP contribution in [0.25, 0.3) is 16.9 Å². The molecule has 8 heteroatoms. The average molecular weight is 414 g/mol. The number of carbonyl (C=O) groups excluding carboxylic acids is 1. The highest BCUT2D eigenvalue weighted by atomic mass is 16.5. The van der Waals surface area contributed by atoms with Crippen molar-refractivity contribution < 1.29 is 9.53 Å². The van der Waals surface area contributed by atoms with Gasteiger partial charge in [-0.15, -0.1) is 0 Å². The van der Waals surface area contributed by atoms with E-state index < -0.39 is 0 Å². The normalized spacial score (nSPS) is 10.5. The molecule has 0 bridgehead atoms. The Morgan fingerprint density at radius 2 is 1.81 bits per heavy atom. The van der Waals surface area contributed by atoms with Crippen LogP contribution < -0.4 is 15.4 Å². The van der Waals surface area contributed by atoms with Gasteiger partial charge in [0.1, 0.15) is 11.4 Å². The minimum atomic E-state index is -0.212. The fourth-order valence-electron chi connectivity index (χ4n) is 3.07. The van der Waals surface area contributed by atoms with Gasteiger partial charge in [0.15, 0.2) is 0 Å². The number of carbonyl (C=O) groups is 1. The number of amides is 1. The van der Waals surface area contributed by atoms with Crippen LogP contribution in [0, 0.1) is 0 Å². The summed E-state index contributed by atoms with van der Waals surface area (Å²) < 4.78 is 7.04. The van der Waals surface area contributed by atoms with Crippen molar-refractivity contribution in [2.45, 2.75) is 0 Å². The molecule has 0 unspecified atom stereocenters. The van der Waals surface area contributed by atoms with Gasteiger partial charge >= 0.3 is 0 Å². The highest BCUT2D eigenvalue weighted by Gasteiger charge is 2.19. The molecule has 0 spiro atoms. The van der Waals surface area contributed by atoms with Crippen LogP contribution in [0.1, 0.15) is 10.4 Å². The van der Waals surface area contributed by atoms with Crippen molar-refractivity contribution in [3.05, 3.63) is 84.8 Å². The number of hydrogen-bond acceptors (Lipinski definition) is 6. The molecule has 4 rings (SSSR count). The Balaban J connectivity index is 1.55. The first-order chi connectivity index (χ1) is 15.2. The molecule has 1 amide bonds. The minimum Gasteiger partial charge on any atom is -0.497 e. The van der Waals surface area contributed by atoms with Gasteiger partial charge in [0.05, 0.1) is 18.4 Å². The van der Waals surface area contributed by atoms with E-state index in [2.05, 4.69) is 25.7 Å². The Labute approximate surface area is 179 Å². The van der Waals surface area contributed by atoms with E-state index in [4.69, 9.17) is 4.74 Å². The number of nitrogens with one attached hydrogen (secondary N) is 2. The molecule has 2 aromatic heterocycles. The summed E-state index contributed by atoms with van der Waals surface area (Å²) in [6.45, 7) is 0.905. The van der Waals surface area contributed by atoms with E-state index in [-0.39, 0.29) is 5.91 Å². The Kier molecular flexibility index (Phi) is 6.18. The first-order valence-corrected chi connectivity index (χ1v) is 9.83. The van der Waals surface area contributed by atoms with E-state index >= 15 is 0 Å². The smallest absolute Gasteiger partial charge is 0.255 e. The van der Waals surface area contributed by atoms with Gasteiger partial charge < -0.3 is 15.4 Å². The number of para-hydroxylation sites is 1. The predicted molar refractivity (Wildman–Crippen MR) is 118 cm³/mol. The zero-order chi connectivity index (χ0) is 21.5. The summed E-state index contributed by atoms with van der Waals surface area (Å²) in [6.07, 6.45) is 5.06. The Bertz CT molecular complexity index is 1150. The molecule has 0 saturated heterocycles. The fraction of sp³-hybridized carbons (Fsp3) is 0.130. The standard InChI is InChI=1S/C23H22N6O2/c1-31-19-10-5-7-17(15-19)21-20(16-29(28-21)18-8-3-2-4-9-18)22(30)24-13-14-27-23-25-11-6-12-26-23/h2-12,15-16H,13-14H2,1H3,(H,24,30)(H,25,26,27). The van der Waals surface area contributed by atoms with E-state index in [9.17, 15) is 4.79 Å². The van der Waals surface area contributed by atoms with Crippen molar-refractivity contribution in [2.75, 3.05) is 25.5 Å². The Hall–Kier alpha value is -4.20. The van der Waals surface area contributed by atoms with Gasteiger partial charge in [0.2, 0.25) is 5.95 Å². The number of hydrogen-bond donors (Lipinski definition) is 2. The molecule has 156 valence electrons. The second-order valence-electron chi connectivity index (χ2n) is 6.66. The predicted octanol–water partition coefficient (Wildman–Crippen LogP) is 3.18. The summed E-state index contributed by atoms with van der Waals surface area (Å²) >= 11 is 0. The number of benzene rings is 2. The maximum absolute atomic E-state index is 13.0. The summed E-state index contributed by atoms with van der Waals surface area (Å²) in [4.78, 5) is 21.2. The molecule has 0 aliphatic carbocycles. The van der Waals surface area contributed by atoms with Crippen LogP contribution in [0.15, 0.2) is 79.3 Å². The summed E-state index contributed by atoms with van der Waals surface area (Å²) in [5.74, 6) is 1.01. The zero-order valence-electron chi connectivity index (χ0n) is 17.0. The van der Waals surface area contributed by atoms with Crippen molar-refractivity contribution in [2.24, 2.45) is 0 Å². The molecule has 31 heavy (non-hydrogen) atoms. The third kappa shape index (κ3) is 4.87. The van der Waals surface area contributed by atoms with Crippen LogP contribution in [-0.2, 0) is 0 Å². The Morgan fingerprint density at radius 1 is 1.00 bits per heavy atom. The molecule has 0 saturated carbocycles. The van der Waals surface area contributed by atoms with E-state index in [0.29, 0.717) is 36.0 Å². The van der Waals surface area contributed by atoms with Crippen LogP contribution in [0.3, 0.4) is 0 Å². The lowest BCUT2D eigenvalue weighted by Crippen LogP contribution is -2.29. The number of methoxy groups -OCH3 is 1. The highest BCUT2D eigenvalue weighted by Crippen LogP contribution is 2.27. The maximum atomic E-state index is 13.0. The molecule has 0 radical (unpaired) electrons. The number of ether oxygens (including phenoxy) is 1. The van der Waals surface area contributed by atoms with Crippen molar-refractivity contribution in [1.82, 2.24) is 25.1 Å². The van der Waals surface area contributed by atoms with Gasteiger partial charge in [0.25, 0.3) is 5.91 Å². The summed E-state index contributed by atoms with van der Waals surface area (Å²) in [7, 11) is 1.61. The van der Waals surface area contributed by atoms with Crippen molar-refractivity contribution in [3.8, 4) is 22.7 Å². The number of anilines is 1. The van der Waals surface area contributed by atoms with Gasteiger partial charge in [-0.1, -0.05) is 30.3 Å². The number of rotatable bonds is 8. The van der Waals surface area contributed by atoms with Crippen LogP contribution in [0.2, 0.25) is 0 Å². The average Bonchev–Trinajstić information content (AvgIpc) is 3.29. The van der Waals surface area contributed by atoms with Crippen LogP contribution in [0.4, 0.5) is 5.95 Å². The van der Waals surface area contributed by atoms with Gasteiger partial charge in [0, 0.05) is 37.2 Å². The van der Waals surface area contributed by atoms with Gasteiger partial charge in [-0.3, -0.25) is 4.79 Å². The zero-order valence-corrected chi connectivity index (χ0v) is 17.0. The SMILES string of the molecule is COc1cccc(-c2nn(-c3ccccc3)cc2C(=O)NCCNc2ncccn2)c1. The molecule has 0 fully saturated rings. The lowest BCUT2D eigenvalue weighted by Gasteiger charge is -2.07. The molecule has 2 N–H and O–H groups in total. The third-order valence-electron chi connectivity index (χ3n) is 4.58. The monoisotopic (exact) mass is 414 g/mol. The third-order valence-corrected chi connectivity index (χ3v) is 4.58. The van der Waals surface area contributed by atoms with Crippen molar-refractivity contribution in [1.29, 1.82) is 0 Å². The number of nitrogens with zero attached hydrogens (tertiary/aromatic N) is 4. The molecule has 0 aliphatic heterocycles. The van der Waals surface area contributed by atoms with E-state index in [0.717, 1.165) is 11.3 Å². The molecular weight excluding hydrogens is 392 g/mol. The van der Waals surface area contributed by atoms with E-state index in [1.54, 1.807) is 36.4 Å². The molecule has 4 aromatic rings. The molecular formula is C23H22N6O2.